The van der Waals surface area contributed by atoms with E-state index in [1.807, 2.05) is 0 Å². The van der Waals surface area contributed by atoms with E-state index < -0.39 is 0 Å². The summed E-state index contributed by atoms with van der Waals surface area (Å²) < 4.78 is 5.52. The summed E-state index contributed by atoms with van der Waals surface area (Å²) in [6.45, 7) is 5.99. The molecule has 1 aromatic rings. The van der Waals surface area contributed by atoms with E-state index in [-0.39, 0.29) is 11.6 Å². The molecule has 1 aliphatic carbocycles. The van der Waals surface area contributed by atoms with Crippen molar-refractivity contribution in [3.63, 3.8) is 0 Å². The van der Waals surface area contributed by atoms with Gasteiger partial charge in [-0.25, -0.2) is 0 Å². The molecule has 1 amide bonds. The van der Waals surface area contributed by atoms with Gasteiger partial charge in [0, 0.05) is 50.7 Å². The second-order valence-electron chi connectivity index (χ2n) is 8.44. The van der Waals surface area contributed by atoms with Crippen LogP contribution in [0.1, 0.15) is 44.1 Å². The number of nitrogens with zero attached hydrogens (tertiary/aromatic N) is 2. The fourth-order valence-electron chi connectivity index (χ4n) is 5.05. The van der Waals surface area contributed by atoms with E-state index in [0.29, 0.717) is 18.9 Å². The maximum Gasteiger partial charge on any atom is 0.224 e. The maximum atomic E-state index is 13.0. The number of amides is 1. The van der Waals surface area contributed by atoms with Gasteiger partial charge in [-0.1, -0.05) is 49.6 Å². The Labute approximate surface area is 163 Å². The molecule has 1 unspecified atom stereocenters. The molecule has 0 aromatic heterocycles. The Kier molecular flexibility index (Phi) is 6.11. The smallest absolute Gasteiger partial charge is 0.224 e. The molecule has 3 aliphatic rings. The fourth-order valence-corrected chi connectivity index (χ4v) is 5.05. The van der Waals surface area contributed by atoms with Gasteiger partial charge in [-0.2, -0.15) is 0 Å². The highest BCUT2D eigenvalue weighted by atomic mass is 16.5. The van der Waals surface area contributed by atoms with E-state index in [4.69, 9.17) is 4.74 Å². The second-order valence-corrected chi connectivity index (χ2v) is 8.44. The molecule has 2 saturated heterocycles. The van der Waals surface area contributed by atoms with Gasteiger partial charge in [0.25, 0.3) is 0 Å². The van der Waals surface area contributed by atoms with Crippen LogP contribution in [-0.2, 0) is 16.1 Å². The molecule has 5 nitrogen and oxygen atoms in total. The molecule has 27 heavy (non-hydrogen) atoms. The SMILES string of the molecule is O=C(CC1COCCN1)N1CCN(Cc2ccccc2)C2(CCCCC2)C1. The van der Waals surface area contributed by atoms with Crippen LogP contribution in [0.4, 0.5) is 0 Å². The molecule has 4 rings (SSSR count). The molecular formula is C22H33N3O2. The number of ether oxygens (including phenoxy) is 1. The number of carbonyl (C=O) groups excluding carboxylic acids is 1. The lowest BCUT2D eigenvalue weighted by Crippen LogP contribution is -2.63. The molecule has 148 valence electrons. The van der Waals surface area contributed by atoms with Gasteiger partial charge < -0.3 is 15.0 Å². The van der Waals surface area contributed by atoms with Crippen molar-refractivity contribution in [1.29, 1.82) is 0 Å². The van der Waals surface area contributed by atoms with Gasteiger partial charge in [0.1, 0.15) is 0 Å². The number of morpholine rings is 1. The second kappa shape index (κ2) is 8.72. The molecule has 1 spiro atoms. The van der Waals surface area contributed by atoms with Crippen molar-refractivity contribution < 1.29 is 9.53 Å². The van der Waals surface area contributed by atoms with Crippen LogP contribution in [0.2, 0.25) is 0 Å². The molecule has 0 radical (unpaired) electrons. The van der Waals surface area contributed by atoms with Crippen molar-refractivity contribution in [2.45, 2.75) is 56.7 Å². The highest BCUT2D eigenvalue weighted by molar-refractivity contribution is 5.77. The summed E-state index contributed by atoms with van der Waals surface area (Å²) in [4.78, 5) is 17.8. The van der Waals surface area contributed by atoms with Crippen LogP contribution in [0, 0.1) is 0 Å². The van der Waals surface area contributed by atoms with Crippen molar-refractivity contribution >= 4 is 5.91 Å². The van der Waals surface area contributed by atoms with E-state index in [0.717, 1.165) is 39.3 Å². The van der Waals surface area contributed by atoms with Crippen LogP contribution in [0.5, 0.6) is 0 Å². The molecule has 1 aromatic carbocycles. The molecule has 0 bridgehead atoms. The van der Waals surface area contributed by atoms with Gasteiger partial charge in [-0.3, -0.25) is 9.69 Å². The van der Waals surface area contributed by atoms with Gasteiger partial charge in [0.05, 0.1) is 13.2 Å². The average Bonchev–Trinajstić information content (AvgIpc) is 2.72. The summed E-state index contributed by atoms with van der Waals surface area (Å²) in [5, 5.41) is 3.42. The summed E-state index contributed by atoms with van der Waals surface area (Å²) in [7, 11) is 0. The first kappa shape index (κ1) is 18.9. The summed E-state index contributed by atoms with van der Waals surface area (Å²) in [5.74, 6) is 0.294. The normalized spacial score (nSPS) is 26.2. The Bertz CT molecular complexity index is 609. The zero-order valence-electron chi connectivity index (χ0n) is 16.4. The van der Waals surface area contributed by atoms with Crippen LogP contribution in [0.3, 0.4) is 0 Å². The lowest BCUT2D eigenvalue weighted by molar-refractivity contribution is -0.140. The highest BCUT2D eigenvalue weighted by Gasteiger charge is 2.43. The van der Waals surface area contributed by atoms with E-state index in [2.05, 4.69) is 45.4 Å². The number of hydrogen-bond acceptors (Lipinski definition) is 4. The minimum Gasteiger partial charge on any atom is -0.378 e. The zero-order valence-corrected chi connectivity index (χ0v) is 16.4. The molecule has 1 atom stereocenters. The number of benzene rings is 1. The van der Waals surface area contributed by atoms with Crippen molar-refractivity contribution in [2.24, 2.45) is 0 Å². The minimum atomic E-state index is 0.165. The number of nitrogens with one attached hydrogen (secondary N) is 1. The third-order valence-electron chi connectivity index (χ3n) is 6.57. The van der Waals surface area contributed by atoms with E-state index in [1.165, 1.54) is 37.7 Å². The lowest BCUT2D eigenvalue weighted by atomic mass is 9.78. The lowest BCUT2D eigenvalue weighted by Gasteiger charge is -2.53. The fraction of sp³-hybridized carbons (Fsp3) is 0.682. The van der Waals surface area contributed by atoms with Gasteiger partial charge in [-0.15, -0.1) is 0 Å². The standard InChI is InChI=1S/C22H33N3O2/c26-21(15-20-17-27-14-11-23-20)24-12-13-25(16-19-7-3-1-4-8-19)22(18-24)9-5-2-6-10-22/h1,3-4,7-8,20,23H,2,5-6,9-18H2. The van der Waals surface area contributed by atoms with E-state index >= 15 is 0 Å². The predicted octanol–water partition coefficient (Wildman–Crippen LogP) is 2.41. The zero-order chi connectivity index (χ0) is 18.5. The minimum absolute atomic E-state index is 0.165. The first-order valence-corrected chi connectivity index (χ1v) is 10.6. The molecule has 1 saturated carbocycles. The van der Waals surface area contributed by atoms with Crippen LogP contribution in [0.25, 0.3) is 0 Å². The molecule has 2 aliphatic heterocycles. The quantitative estimate of drug-likeness (QED) is 0.883. The van der Waals surface area contributed by atoms with Crippen LogP contribution >= 0.6 is 0 Å². The van der Waals surface area contributed by atoms with Crippen molar-refractivity contribution in [2.75, 3.05) is 39.4 Å². The van der Waals surface area contributed by atoms with E-state index in [9.17, 15) is 4.79 Å². The number of hydrogen-bond donors (Lipinski definition) is 1. The Hall–Kier alpha value is -1.43. The first-order chi connectivity index (χ1) is 13.3. The van der Waals surface area contributed by atoms with Gasteiger partial charge in [0.15, 0.2) is 0 Å². The van der Waals surface area contributed by atoms with Crippen LogP contribution in [0.15, 0.2) is 30.3 Å². The topological polar surface area (TPSA) is 44.8 Å². The van der Waals surface area contributed by atoms with Crippen molar-refractivity contribution in [3.05, 3.63) is 35.9 Å². The summed E-state index contributed by atoms with van der Waals surface area (Å²) in [6, 6.07) is 11.0. The van der Waals surface area contributed by atoms with Gasteiger partial charge in [0.2, 0.25) is 5.91 Å². The number of piperazine rings is 1. The summed E-state index contributed by atoms with van der Waals surface area (Å²) >= 11 is 0. The Morgan fingerprint density at radius 3 is 2.70 bits per heavy atom. The molecule has 2 heterocycles. The monoisotopic (exact) mass is 371 g/mol. The van der Waals surface area contributed by atoms with Gasteiger partial charge >= 0.3 is 0 Å². The molecule has 5 heteroatoms. The Morgan fingerprint density at radius 2 is 1.96 bits per heavy atom. The highest BCUT2D eigenvalue weighted by Crippen LogP contribution is 2.37. The summed E-state index contributed by atoms with van der Waals surface area (Å²) in [5.41, 5.74) is 1.55. The Balaban J connectivity index is 1.43. The largest absolute Gasteiger partial charge is 0.378 e. The number of rotatable bonds is 4. The molecule has 3 fully saturated rings. The number of carbonyl (C=O) groups is 1. The third kappa shape index (κ3) is 4.53. The first-order valence-electron chi connectivity index (χ1n) is 10.6. The predicted molar refractivity (Wildman–Crippen MR) is 106 cm³/mol. The van der Waals surface area contributed by atoms with Crippen molar-refractivity contribution in [1.82, 2.24) is 15.1 Å². The third-order valence-corrected chi connectivity index (χ3v) is 6.57. The van der Waals surface area contributed by atoms with Crippen LogP contribution < -0.4 is 5.32 Å². The van der Waals surface area contributed by atoms with E-state index in [1.54, 1.807) is 0 Å². The maximum absolute atomic E-state index is 13.0. The molecular weight excluding hydrogens is 338 g/mol. The van der Waals surface area contributed by atoms with Crippen LogP contribution in [-0.4, -0.2) is 66.7 Å². The Morgan fingerprint density at radius 1 is 1.15 bits per heavy atom. The van der Waals surface area contributed by atoms with Crippen molar-refractivity contribution in [3.8, 4) is 0 Å². The summed E-state index contributed by atoms with van der Waals surface area (Å²) in [6.07, 6.45) is 6.90. The van der Waals surface area contributed by atoms with Gasteiger partial charge in [-0.05, 0) is 18.4 Å². The average molecular weight is 372 g/mol. The molecule has 1 N–H and O–H groups in total.